The summed E-state index contributed by atoms with van der Waals surface area (Å²) in [6.45, 7) is 5.11. The molecule has 152 valence electrons. The minimum absolute atomic E-state index is 0. The average molecular weight is 453 g/mol. The second-order valence-electron chi connectivity index (χ2n) is 9.34. The number of fused-ring (bicyclic) bond motifs is 5. The van der Waals surface area contributed by atoms with Gasteiger partial charge < -0.3 is 12.4 Å². The van der Waals surface area contributed by atoms with Crippen molar-refractivity contribution in [2.45, 2.75) is 82.1 Å². The van der Waals surface area contributed by atoms with Crippen LogP contribution in [0.4, 0.5) is 0 Å². The molecule has 0 aromatic rings. The van der Waals surface area contributed by atoms with E-state index in [0.717, 1.165) is 41.3 Å². The third kappa shape index (κ3) is 4.16. The molecule has 0 spiro atoms. The minimum atomic E-state index is -1.46. The summed E-state index contributed by atoms with van der Waals surface area (Å²) in [5.74, 6) is 4.12. The molecule has 7 atom stereocenters. The molecule has 7 unspecified atom stereocenters. The monoisotopic (exact) mass is 452 g/mol. The zero-order valence-electron chi connectivity index (χ0n) is 17.3. The molecule has 3 aliphatic carbocycles. The van der Waals surface area contributed by atoms with Gasteiger partial charge in [-0.05, 0) is 55.5 Å². The Morgan fingerprint density at radius 1 is 0.923 bits per heavy atom. The molecule has 0 N–H and O–H groups in total. The summed E-state index contributed by atoms with van der Waals surface area (Å²) in [6.07, 6.45) is 12.0. The van der Waals surface area contributed by atoms with Crippen LogP contribution >= 0.6 is 18.6 Å². The van der Waals surface area contributed by atoms with E-state index in [2.05, 4.69) is 32.1 Å². The molecule has 1 saturated heterocycles. The van der Waals surface area contributed by atoms with Crippen molar-refractivity contribution in [1.29, 1.82) is 0 Å². The molecule has 2 nitrogen and oxygen atoms in total. The Kier molecular flexibility index (Phi) is 9.08. The predicted molar refractivity (Wildman–Crippen MR) is 115 cm³/mol. The molecule has 0 amide bonds. The molecule has 6 heteroatoms. The molecule has 26 heavy (non-hydrogen) atoms. The SMILES string of the molecule is C[N-][Si](C)(C)C1C2CCCCC2C2C3CCCCC3N(C)C21.[CH3-].[Cl][Ti][Cl]. The maximum absolute atomic E-state index is 5.02. The number of hydrogen-bond acceptors (Lipinski definition) is 1. The molecular weight excluding hydrogens is 415 g/mol. The fourth-order valence-electron chi connectivity index (χ4n) is 7.36. The molecule has 4 aliphatic rings. The van der Waals surface area contributed by atoms with Crippen LogP contribution in [0.15, 0.2) is 0 Å². The number of halogens is 2. The normalized spacial score (nSPS) is 41.8. The Bertz CT molecular complexity index is 454. The molecule has 1 heterocycles. The van der Waals surface area contributed by atoms with Crippen molar-refractivity contribution >= 4 is 26.8 Å². The number of hydrogen-bond donors (Lipinski definition) is 0. The van der Waals surface area contributed by atoms with Gasteiger partial charge >= 0.3 is 35.6 Å². The van der Waals surface area contributed by atoms with Gasteiger partial charge in [-0.25, -0.2) is 0 Å². The van der Waals surface area contributed by atoms with E-state index in [1.807, 2.05) is 0 Å². The van der Waals surface area contributed by atoms with Crippen LogP contribution in [-0.2, 0) is 17.0 Å². The summed E-state index contributed by atoms with van der Waals surface area (Å²) in [5, 5.41) is 0. The van der Waals surface area contributed by atoms with E-state index in [0.29, 0.717) is 0 Å². The van der Waals surface area contributed by atoms with Gasteiger partial charge in [0.1, 0.15) is 0 Å². The molecular formula is C20H38Cl2N2SiTi-2. The summed E-state index contributed by atoms with van der Waals surface area (Å²) in [5.41, 5.74) is 0.934. The van der Waals surface area contributed by atoms with E-state index in [1.54, 1.807) is 0 Å². The molecule has 4 rings (SSSR count). The second-order valence-corrected chi connectivity index (χ2v) is 16.3. The summed E-state index contributed by atoms with van der Waals surface area (Å²) in [4.78, 5) is 7.90. The Labute approximate surface area is 180 Å². The van der Waals surface area contributed by atoms with Crippen LogP contribution < -0.4 is 0 Å². The van der Waals surface area contributed by atoms with Crippen LogP contribution in [0.3, 0.4) is 0 Å². The van der Waals surface area contributed by atoms with Gasteiger partial charge in [-0.1, -0.05) is 53.4 Å². The van der Waals surface area contributed by atoms with E-state index in [-0.39, 0.29) is 7.43 Å². The maximum atomic E-state index is 5.02. The number of nitrogens with zero attached hydrogens (tertiary/aromatic N) is 2. The zero-order valence-corrected chi connectivity index (χ0v) is 21.4. The van der Waals surface area contributed by atoms with Crippen LogP contribution in [0.25, 0.3) is 4.98 Å². The summed E-state index contributed by atoms with van der Waals surface area (Å²) < 4.78 is 0. The first-order chi connectivity index (χ1) is 12.0. The first-order valence-corrected chi connectivity index (χ1v) is 17.6. The van der Waals surface area contributed by atoms with Crippen LogP contribution in [0.1, 0.15) is 51.4 Å². The topological polar surface area (TPSA) is 17.3 Å². The Morgan fingerprint density at radius 2 is 1.42 bits per heavy atom. The quantitative estimate of drug-likeness (QED) is 0.336. The Hall–Kier alpha value is 1.43. The summed E-state index contributed by atoms with van der Waals surface area (Å²) >= 11 is -0.556. The van der Waals surface area contributed by atoms with Crippen molar-refractivity contribution in [2.75, 3.05) is 14.1 Å². The van der Waals surface area contributed by atoms with Crippen molar-refractivity contribution in [3.63, 3.8) is 0 Å². The van der Waals surface area contributed by atoms with Crippen molar-refractivity contribution in [3.8, 4) is 0 Å². The van der Waals surface area contributed by atoms with Gasteiger partial charge in [-0.15, -0.1) is 0 Å². The molecule has 1 aliphatic heterocycles. The van der Waals surface area contributed by atoms with Gasteiger partial charge in [-0.2, -0.15) is 7.05 Å². The van der Waals surface area contributed by atoms with E-state index < -0.39 is 25.3 Å². The van der Waals surface area contributed by atoms with E-state index in [9.17, 15) is 0 Å². The van der Waals surface area contributed by atoms with Gasteiger partial charge in [0.2, 0.25) is 0 Å². The van der Waals surface area contributed by atoms with Gasteiger partial charge in [0, 0.05) is 12.1 Å². The fraction of sp³-hybridized carbons (Fsp3) is 0.950. The van der Waals surface area contributed by atoms with E-state index in [4.69, 9.17) is 23.6 Å². The first kappa shape index (κ1) is 23.7. The van der Waals surface area contributed by atoms with Gasteiger partial charge in [-0.3, -0.25) is 4.90 Å². The fourth-order valence-corrected chi connectivity index (χ4v) is 10.4. The van der Waals surface area contributed by atoms with Crippen LogP contribution in [0.2, 0.25) is 18.6 Å². The molecule has 3 saturated carbocycles. The molecule has 4 fully saturated rings. The Morgan fingerprint density at radius 3 is 2.00 bits per heavy atom. The van der Waals surface area contributed by atoms with Gasteiger partial charge in [0.15, 0.2) is 0 Å². The van der Waals surface area contributed by atoms with Gasteiger partial charge in [0.25, 0.3) is 0 Å². The average Bonchev–Trinajstić information content (AvgIpc) is 3.10. The number of likely N-dealkylation sites (tertiary alicyclic amines) is 1. The van der Waals surface area contributed by atoms with Crippen LogP contribution in [0.5, 0.6) is 0 Å². The van der Waals surface area contributed by atoms with E-state index in [1.165, 1.54) is 51.4 Å². The second kappa shape index (κ2) is 9.96. The van der Waals surface area contributed by atoms with Crippen molar-refractivity contribution in [1.82, 2.24) is 4.90 Å². The zero-order chi connectivity index (χ0) is 18.2. The first-order valence-electron chi connectivity index (χ1n) is 10.3. The van der Waals surface area contributed by atoms with Crippen molar-refractivity contribution in [2.24, 2.45) is 23.7 Å². The molecule has 0 aromatic heterocycles. The summed E-state index contributed by atoms with van der Waals surface area (Å²) in [6, 6.07) is 1.79. The third-order valence-corrected chi connectivity index (χ3v) is 11.8. The van der Waals surface area contributed by atoms with E-state index >= 15 is 0 Å². The third-order valence-electron chi connectivity index (χ3n) is 8.25. The van der Waals surface area contributed by atoms with Crippen molar-refractivity contribution in [3.05, 3.63) is 12.4 Å². The van der Waals surface area contributed by atoms with Gasteiger partial charge in [0.05, 0.1) is 0 Å². The Balaban J connectivity index is 0.000000570. The molecule has 0 bridgehead atoms. The standard InChI is InChI=1S/C19H35N2Si.CH3.2ClH.Ti/c1-20-22(3,4)19-14-10-6-5-9-13(14)17-15-11-7-8-12-16(15)21(2)18(17)19;;;;/h13-19H,5-12H2,1-4H3;1H3;2*1H;/q2*-1;;;+2/p-2. The van der Waals surface area contributed by atoms with Crippen molar-refractivity contribution < 1.29 is 17.0 Å². The van der Waals surface area contributed by atoms with Crippen LogP contribution in [0, 0.1) is 31.1 Å². The molecule has 0 radical (unpaired) electrons. The summed E-state index contributed by atoms with van der Waals surface area (Å²) in [7, 11) is 12.9. The van der Waals surface area contributed by atoms with Crippen LogP contribution in [-0.4, -0.2) is 39.3 Å². The predicted octanol–water partition coefficient (Wildman–Crippen LogP) is 6.70. The number of rotatable bonds is 2. The molecule has 0 aromatic carbocycles.